The van der Waals surface area contributed by atoms with Gasteiger partial charge in [-0.1, -0.05) is 11.3 Å². The van der Waals surface area contributed by atoms with E-state index < -0.39 is 0 Å². The molecule has 2 aromatic heterocycles. The number of nitrogens with zero attached hydrogens (tertiary/aromatic N) is 1. The monoisotopic (exact) mass is 250 g/mol. The molecule has 1 aromatic carbocycles. The number of thiophene rings is 1. The Kier molecular flexibility index (Phi) is 2.42. The highest BCUT2D eigenvalue weighted by Crippen LogP contribution is 2.30. The van der Waals surface area contributed by atoms with E-state index in [1.165, 1.54) is 25.3 Å². The lowest BCUT2D eigenvalue weighted by Gasteiger charge is -1.94. The van der Waals surface area contributed by atoms with Crippen molar-refractivity contribution in [1.82, 2.24) is 0 Å². The molecule has 82 valence electrons. The Hall–Kier alpha value is -0.970. The van der Waals surface area contributed by atoms with Gasteiger partial charge in [0.05, 0.1) is 5.39 Å². The molecule has 4 heteroatoms. The van der Waals surface area contributed by atoms with Crippen LogP contribution in [-0.2, 0) is 6.54 Å². The van der Waals surface area contributed by atoms with Crippen LogP contribution in [0.2, 0.25) is 0 Å². The van der Waals surface area contributed by atoms with Crippen LogP contribution in [0.5, 0.6) is 0 Å². The molecule has 0 atom stereocenters. The zero-order valence-corrected chi connectivity index (χ0v) is 10.6. The molecule has 3 rings (SSSR count). The van der Waals surface area contributed by atoms with Gasteiger partial charge >= 0.3 is 0 Å². The molecule has 0 aliphatic heterocycles. The summed E-state index contributed by atoms with van der Waals surface area (Å²) in [6.45, 7) is 2.98. The number of aliphatic hydroxyl groups is 1. The maximum atomic E-state index is 9.13. The van der Waals surface area contributed by atoms with Gasteiger partial charge in [0.15, 0.2) is 6.54 Å². The van der Waals surface area contributed by atoms with E-state index in [-0.39, 0.29) is 6.61 Å². The molecule has 0 saturated carbocycles. The van der Waals surface area contributed by atoms with Crippen molar-refractivity contribution in [2.45, 2.75) is 13.5 Å². The second-order valence-electron chi connectivity index (χ2n) is 3.74. The Morgan fingerprint density at radius 2 is 2.06 bits per heavy atom. The minimum absolute atomic E-state index is 0.192. The molecule has 2 nitrogen and oxygen atoms in total. The zero-order valence-electron chi connectivity index (χ0n) is 8.93. The van der Waals surface area contributed by atoms with Crippen LogP contribution in [0.15, 0.2) is 23.6 Å². The summed E-state index contributed by atoms with van der Waals surface area (Å²) in [5.74, 6) is 0. The summed E-state index contributed by atoms with van der Waals surface area (Å²) >= 11 is 3.56. The Labute approximate surface area is 101 Å². The van der Waals surface area contributed by atoms with E-state index in [9.17, 15) is 0 Å². The molecule has 0 aliphatic rings. The number of fused-ring (bicyclic) bond motifs is 3. The molecule has 0 bridgehead atoms. The van der Waals surface area contributed by atoms with Crippen molar-refractivity contribution in [3.8, 4) is 0 Å². The number of rotatable bonds is 2. The van der Waals surface area contributed by atoms with Crippen LogP contribution < -0.4 is 4.57 Å². The van der Waals surface area contributed by atoms with Crippen LogP contribution in [0.1, 0.15) is 5.01 Å². The van der Waals surface area contributed by atoms with Crippen molar-refractivity contribution < 1.29 is 9.67 Å². The Bertz CT molecular complexity index is 653. The molecule has 0 radical (unpaired) electrons. The third kappa shape index (κ3) is 1.38. The highest BCUT2D eigenvalue weighted by Gasteiger charge is 2.19. The van der Waals surface area contributed by atoms with Crippen molar-refractivity contribution in [3.05, 3.63) is 28.6 Å². The molecule has 0 unspecified atom stereocenters. The van der Waals surface area contributed by atoms with Gasteiger partial charge in [0.1, 0.15) is 11.3 Å². The Morgan fingerprint density at radius 1 is 1.25 bits per heavy atom. The van der Waals surface area contributed by atoms with Gasteiger partial charge in [-0.3, -0.25) is 0 Å². The first-order chi connectivity index (χ1) is 7.81. The third-order valence-corrected chi connectivity index (χ3v) is 4.75. The van der Waals surface area contributed by atoms with Crippen molar-refractivity contribution in [1.29, 1.82) is 0 Å². The summed E-state index contributed by atoms with van der Waals surface area (Å²) in [6, 6.07) is 6.53. The zero-order chi connectivity index (χ0) is 11.1. The first-order valence-corrected chi connectivity index (χ1v) is 6.91. The molecule has 0 saturated heterocycles. The average Bonchev–Trinajstić information content (AvgIpc) is 2.83. The van der Waals surface area contributed by atoms with Crippen molar-refractivity contribution in [2.24, 2.45) is 0 Å². The number of hydrogen-bond donors (Lipinski definition) is 1. The summed E-state index contributed by atoms with van der Waals surface area (Å²) in [5, 5.41) is 13.8. The lowest BCUT2D eigenvalue weighted by Crippen LogP contribution is -2.36. The van der Waals surface area contributed by atoms with E-state index in [0.717, 1.165) is 0 Å². The van der Waals surface area contributed by atoms with Crippen molar-refractivity contribution >= 4 is 43.0 Å². The normalized spacial score (nSPS) is 11.6. The lowest BCUT2D eigenvalue weighted by atomic mass is 10.2. The van der Waals surface area contributed by atoms with Crippen LogP contribution in [0.3, 0.4) is 0 Å². The first kappa shape index (κ1) is 10.2. The summed E-state index contributed by atoms with van der Waals surface area (Å²) in [5.41, 5.74) is 1.27. The molecule has 0 aliphatic carbocycles. The number of aliphatic hydroxyl groups excluding tert-OH is 1. The van der Waals surface area contributed by atoms with Crippen molar-refractivity contribution in [3.63, 3.8) is 0 Å². The molecular formula is C12H12NOS2+. The molecule has 0 spiro atoms. The molecule has 0 fully saturated rings. The summed E-state index contributed by atoms with van der Waals surface area (Å²) < 4.78 is 4.84. The number of aromatic nitrogens is 1. The first-order valence-electron chi connectivity index (χ1n) is 5.21. The van der Waals surface area contributed by atoms with Crippen LogP contribution in [0.4, 0.5) is 0 Å². The van der Waals surface area contributed by atoms with Crippen LogP contribution >= 0.6 is 22.7 Å². The minimum Gasteiger partial charge on any atom is -0.390 e. The number of benzene rings is 1. The van der Waals surface area contributed by atoms with Gasteiger partial charge in [0, 0.05) is 11.6 Å². The fourth-order valence-corrected chi connectivity index (χ4v) is 3.96. The maximum absolute atomic E-state index is 9.13. The van der Waals surface area contributed by atoms with Crippen LogP contribution in [-0.4, -0.2) is 11.7 Å². The Balaban J connectivity index is 2.45. The highest BCUT2D eigenvalue weighted by atomic mass is 32.1. The Morgan fingerprint density at radius 3 is 2.88 bits per heavy atom. The molecule has 2 heterocycles. The van der Waals surface area contributed by atoms with Gasteiger partial charge < -0.3 is 5.11 Å². The molecule has 3 aromatic rings. The standard InChI is InChI=1S/C12H12NOS2/c1-8-13(5-6-14)12-9-4-7-15-10(9)2-3-11(12)16-8/h2-4,7,14H,5-6H2,1H3/q+1. The average molecular weight is 250 g/mol. The molecule has 0 amide bonds. The predicted octanol–water partition coefficient (Wildman–Crippen LogP) is 2.70. The van der Waals surface area contributed by atoms with Crippen LogP contribution in [0.25, 0.3) is 20.3 Å². The smallest absolute Gasteiger partial charge is 0.235 e. The van der Waals surface area contributed by atoms with Crippen molar-refractivity contribution in [2.75, 3.05) is 6.61 Å². The minimum atomic E-state index is 0.192. The van der Waals surface area contributed by atoms with Gasteiger partial charge in [-0.05, 0) is 23.6 Å². The highest BCUT2D eigenvalue weighted by molar-refractivity contribution is 7.19. The van der Waals surface area contributed by atoms with E-state index >= 15 is 0 Å². The van der Waals surface area contributed by atoms with E-state index in [4.69, 9.17) is 5.11 Å². The van der Waals surface area contributed by atoms with E-state index in [1.807, 2.05) is 0 Å². The largest absolute Gasteiger partial charge is 0.390 e. The van der Waals surface area contributed by atoms with E-state index in [0.29, 0.717) is 6.54 Å². The summed E-state index contributed by atoms with van der Waals surface area (Å²) in [4.78, 5) is 0. The summed E-state index contributed by atoms with van der Waals surface area (Å²) in [7, 11) is 0. The second kappa shape index (κ2) is 3.80. The SMILES string of the molecule is Cc1sc2ccc3sccc3c2[n+]1CCO. The van der Waals surface area contributed by atoms with Gasteiger partial charge in [-0.2, -0.15) is 4.57 Å². The lowest BCUT2D eigenvalue weighted by molar-refractivity contribution is -0.673. The number of thiazole rings is 1. The molecule has 16 heavy (non-hydrogen) atoms. The van der Waals surface area contributed by atoms with Gasteiger partial charge in [0.25, 0.3) is 0 Å². The second-order valence-corrected chi connectivity index (χ2v) is 5.92. The molecular weight excluding hydrogens is 238 g/mol. The van der Waals surface area contributed by atoms with Gasteiger partial charge in [-0.15, -0.1) is 11.3 Å². The maximum Gasteiger partial charge on any atom is 0.235 e. The molecule has 1 N–H and O–H groups in total. The third-order valence-electron chi connectivity index (χ3n) is 2.80. The summed E-state index contributed by atoms with van der Waals surface area (Å²) in [6.07, 6.45) is 0. The fourth-order valence-electron chi connectivity index (χ4n) is 2.11. The topological polar surface area (TPSA) is 24.1 Å². The van der Waals surface area contributed by atoms with Gasteiger partial charge in [0.2, 0.25) is 10.5 Å². The number of hydrogen-bond acceptors (Lipinski definition) is 3. The fraction of sp³-hybridized carbons (Fsp3) is 0.250. The van der Waals surface area contributed by atoms with Crippen LogP contribution in [0, 0.1) is 6.92 Å². The van der Waals surface area contributed by atoms with E-state index in [2.05, 4.69) is 35.1 Å². The predicted molar refractivity (Wildman–Crippen MR) is 69.2 cm³/mol. The quantitative estimate of drug-likeness (QED) is 0.695. The van der Waals surface area contributed by atoms with E-state index in [1.54, 1.807) is 22.7 Å². The van der Waals surface area contributed by atoms with Gasteiger partial charge in [-0.25, -0.2) is 0 Å². The number of aryl methyl sites for hydroxylation is 1.